The molecule has 174 valence electrons. The number of hydrogen-bond donors (Lipinski definition) is 7. The van der Waals surface area contributed by atoms with E-state index >= 15 is 0 Å². The molecule has 11 nitrogen and oxygen atoms in total. The summed E-state index contributed by atoms with van der Waals surface area (Å²) in [6.07, 6.45) is -8.18. The first-order chi connectivity index (χ1) is 11.3. The van der Waals surface area contributed by atoms with Crippen molar-refractivity contribution in [2.45, 2.75) is 61.3 Å². The van der Waals surface area contributed by atoms with Crippen molar-refractivity contribution in [1.82, 2.24) is 0 Å². The molecule has 0 spiro atoms. The Morgan fingerprint density at radius 1 is 0.750 bits per heavy atom. The fraction of sp³-hybridized carbons (Fsp3) is 1.00. The minimum Gasteiger partial charge on any atom is -0.388 e. The molecule has 15 heteroatoms. The number of halogens is 4. The summed E-state index contributed by atoms with van der Waals surface area (Å²) in [6.45, 7) is -0.0120. The lowest BCUT2D eigenvalue weighted by Gasteiger charge is -2.46. The lowest BCUT2D eigenvalue weighted by atomic mass is 9.95. The lowest BCUT2D eigenvalue weighted by molar-refractivity contribution is -0.319. The summed E-state index contributed by atoms with van der Waals surface area (Å²) in [5.74, 6) is 0. The Bertz CT molecular complexity index is 419. The zero-order valence-corrected chi connectivity index (χ0v) is 18.4. The maximum absolute atomic E-state index is 10.4. The predicted molar refractivity (Wildman–Crippen MR) is 110 cm³/mol. The first-order valence-corrected chi connectivity index (χ1v) is 7.80. The van der Waals surface area contributed by atoms with Crippen molar-refractivity contribution in [3.63, 3.8) is 0 Å². The van der Waals surface area contributed by atoms with Crippen LogP contribution < -0.4 is 22.9 Å². The first kappa shape index (κ1) is 33.4. The van der Waals surface area contributed by atoms with Gasteiger partial charge in [-0.2, -0.15) is 0 Å². The van der Waals surface area contributed by atoms with Gasteiger partial charge >= 0.3 is 0 Å². The summed E-state index contributed by atoms with van der Waals surface area (Å²) in [6, 6.07) is -1.92. The fourth-order valence-corrected chi connectivity index (χ4v) is 2.94. The summed E-state index contributed by atoms with van der Waals surface area (Å²) < 4.78 is 21.8. The van der Waals surface area contributed by atoms with Gasteiger partial charge in [0.05, 0.1) is 12.1 Å². The standard InChI is InChI=1S/C13H28N4O7.4ClH/c1-21-12-7(17)10(20)11(5(3-15)23-12)24-13-6(16)9(19)8(18)4(2-14)22-13;;;;/h4-13,18-20H,2-3,14-17H2,1H3;4*1H/t4-,5-,6-,7-,8-,9-,10-,11-,12+,13-;;;;/m1..../s1. The maximum Gasteiger partial charge on any atom is 0.176 e. The Kier molecular flexibility index (Phi) is 17.5. The van der Waals surface area contributed by atoms with E-state index in [9.17, 15) is 15.3 Å². The molecule has 0 unspecified atom stereocenters. The van der Waals surface area contributed by atoms with Gasteiger partial charge in [0, 0.05) is 20.2 Å². The third-order valence-electron chi connectivity index (χ3n) is 4.46. The predicted octanol–water partition coefficient (Wildman–Crippen LogP) is -3.19. The molecule has 0 aromatic heterocycles. The molecule has 10 atom stereocenters. The zero-order valence-electron chi connectivity index (χ0n) is 15.1. The summed E-state index contributed by atoms with van der Waals surface area (Å²) in [4.78, 5) is 0. The Balaban J connectivity index is -0.00000156. The number of hydrogen-bond acceptors (Lipinski definition) is 11. The highest BCUT2D eigenvalue weighted by Gasteiger charge is 2.49. The molecule has 2 aliphatic rings. The number of ether oxygens (including phenoxy) is 4. The second-order valence-electron chi connectivity index (χ2n) is 6.02. The van der Waals surface area contributed by atoms with Gasteiger partial charge in [0.2, 0.25) is 0 Å². The van der Waals surface area contributed by atoms with Gasteiger partial charge in [-0.05, 0) is 0 Å². The number of nitrogens with two attached hydrogens (primary N) is 4. The van der Waals surface area contributed by atoms with Crippen molar-refractivity contribution >= 4 is 49.6 Å². The average Bonchev–Trinajstić information content (AvgIpc) is 2.59. The van der Waals surface area contributed by atoms with Gasteiger partial charge in [0.15, 0.2) is 12.6 Å². The molecule has 0 amide bonds. The Morgan fingerprint density at radius 3 is 1.68 bits per heavy atom. The summed E-state index contributed by atoms with van der Waals surface area (Å²) >= 11 is 0. The molecule has 2 saturated heterocycles. The second kappa shape index (κ2) is 14.7. The van der Waals surface area contributed by atoms with Crippen molar-refractivity contribution in [2.75, 3.05) is 20.2 Å². The topological polar surface area (TPSA) is 202 Å². The summed E-state index contributed by atoms with van der Waals surface area (Å²) in [5, 5.41) is 30.3. The van der Waals surface area contributed by atoms with Gasteiger partial charge in [0.25, 0.3) is 0 Å². The van der Waals surface area contributed by atoms with Gasteiger partial charge in [-0.25, -0.2) is 0 Å². The van der Waals surface area contributed by atoms with E-state index in [1.54, 1.807) is 0 Å². The van der Waals surface area contributed by atoms with Crippen molar-refractivity contribution in [3.05, 3.63) is 0 Å². The Hall–Kier alpha value is 0.720. The van der Waals surface area contributed by atoms with Gasteiger partial charge < -0.3 is 57.2 Å². The first-order valence-electron chi connectivity index (χ1n) is 7.80. The normalized spacial score (nSPS) is 42.9. The van der Waals surface area contributed by atoms with Crippen LogP contribution in [0, 0.1) is 0 Å². The summed E-state index contributed by atoms with van der Waals surface area (Å²) in [5.41, 5.74) is 22.9. The van der Waals surface area contributed by atoms with Crippen molar-refractivity contribution in [1.29, 1.82) is 0 Å². The molecule has 2 heterocycles. The van der Waals surface area contributed by atoms with Crippen LogP contribution >= 0.6 is 49.6 Å². The third kappa shape index (κ3) is 6.87. The molecule has 11 N–H and O–H groups in total. The smallest absolute Gasteiger partial charge is 0.176 e. The molecular weight excluding hydrogens is 466 g/mol. The summed E-state index contributed by atoms with van der Waals surface area (Å²) in [7, 11) is 1.40. The van der Waals surface area contributed by atoms with Gasteiger partial charge in [-0.15, -0.1) is 49.6 Å². The molecule has 2 fully saturated rings. The molecule has 0 aromatic rings. The fourth-order valence-electron chi connectivity index (χ4n) is 2.94. The van der Waals surface area contributed by atoms with Crippen LogP contribution in [0.3, 0.4) is 0 Å². The van der Waals surface area contributed by atoms with Gasteiger partial charge in [-0.3, -0.25) is 0 Å². The molecule has 28 heavy (non-hydrogen) atoms. The van der Waals surface area contributed by atoms with Crippen LogP contribution in [0.2, 0.25) is 0 Å². The minimum atomic E-state index is -1.30. The van der Waals surface area contributed by atoms with Crippen LogP contribution in [0.25, 0.3) is 0 Å². The maximum atomic E-state index is 10.4. The quantitative estimate of drug-likeness (QED) is 0.201. The molecule has 0 aromatic carbocycles. The Morgan fingerprint density at radius 2 is 1.21 bits per heavy atom. The molecule has 0 bridgehead atoms. The van der Waals surface area contributed by atoms with Gasteiger partial charge in [-0.1, -0.05) is 0 Å². The van der Waals surface area contributed by atoms with Crippen LogP contribution in [0.15, 0.2) is 0 Å². The number of methoxy groups -OCH3 is 1. The second-order valence-corrected chi connectivity index (χ2v) is 6.02. The highest BCUT2D eigenvalue weighted by Crippen LogP contribution is 2.27. The minimum absolute atomic E-state index is 0. The van der Waals surface area contributed by atoms with E-state index in [2.05, 4.69) is 0 Å². The Labute approximate surface area is 188 Å². The van der Waals surface area contributed by atoms with Crippen LogP contribution in [-0.4, -0.2) is 96.8 Å². The zero-order chi connectivity index (χ0) is 18.0. The molecule has 2 rings (SSSR count). The molecule has 0 saturated carbocycles. The number of aliphatic hydroxyl groups is 3. The number of aliphatic hydroxyl groups excluding tert-OH is 3. The van der Waals surface area contributed by atoms with Gasteiger partial charge in [0.1, 0.15) is 36.6 Å². The van der Waals surface area contributed by atoms with Crippen molar-refractivity contribution < 1.29 is 34.3 Å². The molecule has 0 aliphatic carbocycles. The van der Waals surface area contributed by atoms with Crippen LogP contribution in [0.1, 0.15) is 0 Å². The largest absolute Gasteiger partial charge is 0.388 e. The van der Waals surface area contributed by atoms with Crippen LogP contribution in [-0.2, 0) is 18.9 Å². The van der Waals surface area contributed by atoms with Crippen LogP contribution in [0.4, 0.5) is 0 Å². The highest BCUT2D eigenvalue weighted by atomic mass is 35.5. The van der Waals surface area contributed by atoms with Crippen molar-refractivity contribution in [3.8, 4) is 0 Å². The van der Waals surface area contributed by atoms with E-state index in [1.807, 2.05) is 0 Å². The SMILES string of the molecule is CO[C@H]1O[C@H](CN)[C@@H](O[C@H]2O[C@H](CN)[C@@H](O)[C@H](O)[C@H]2N)[C@H](O)[C@H]1N.Cl.Cl.Cl.Cl. The molecule has 2 aliphatic heterocycles. The van der Waals surface area contributed by atoms with E-state index in [4.69, 9.17) is 41.9 Å². The third-order valence-corrected chi connectivity index (χ3v) is 4.46. The van der Waals surface area contributed by atoms with Crippen LogP contribution in [0.5, 0.6) is 0 Å². The van der Waals surface area contributed by atoms with E-state index in [0.29, 0.717) is 0 Å². The highest BCUT2D eigenvalue weighted by molar-refractivity contribution is 5.86. The lowest BCUT2D eigenvalue weighted by Crippen LogP contribution is -2.68. The van der Waals surface area contributed by atoms with E-state index in [-0.39, 0.29) is 62.7 Å². The molecule has 0 radical (unpaired) electrons. The average molecular weight is 498 g/mol. The van der Waals surface area contributed by atoms with Crippen molar-refractivity contribution in [2.24, 2.45) is 22.9 Å². The monoisotopic (exact) mass is 496 g/mol. The van der Waals surface area contributed by atoms with E-state index in [0.717, 1.165) is 0 Å². The number of rotatable bonds is 5. The molecular formula is C13H32Cl4N4O7. The van der Waals surface area contributed by atoms with E-state index < -0.39 is 61.3 Å². The van der Waals surface area contributed by atoms with E-state index in [1.165, 1.54) is 7.11 Å².